The van der Waals surface area contributed by atoms with Crippen molar-refractivity contribution in [2.75, 3.05) is 5.32 Å². The number of nitriles is 1. The first-order valence-corrected chi connectivity index (χ1v) is 10.2. The molecule has 0 atom stereocenters. The monoisotopic (exact) mass is 433 g/mol. The summed E-state index contributed by atoms with van der Waals surface area (Å²) in [6.45, 7) is 1.69. The van der Waals surface area contributed by atoms with Crippen LogP contribution in [0.25, 0.3) is 10.6 Å². The van der Waals surface area contributed by atoms with Gasteiger partial charge in [0.1, 0.15) is 11.1 Å². The molecule has 0 aliphatic heterocycles. The molecule has 2 heterocycles. The smallest absolute Gasteiger partial charge is 0.325 e. The molecule has 0 saturated heterocycles. The number of amides is 1. The van der Waals surface area contributed by atoms with Crippen LogP contribution >= 0.6 is 23.1 Å². The van der Waals surface area contributed by atoms with Gasteiger partial charge in [0.2, 0.25) is 5.91 Å². The second-order valence-corrected chi connectivity index (χ2v) is 7.80. The number of hydrogen-bond acceptors (Lipinski definition) is 5. The molecule has 0 saturated carbocycles. The molecule has 9 heteroatoms. The Bertz CT molecular complexity index is 1070. The Labute approximate surface area is 173 Å². The van der Waals surface area contributed by atoms with Crippen molar-refractivity contribution in [3.8, 4) is 16.6 Å². The number of para-hydroxylation sites is 1. The van der Waals surface area contributed by atoms with Gasteiger partial charge in [0.15, 0.2) is 0 Å². The molecule has 29 heavy (non-hydrogen) atoms. The summed E-state index contributed by atoms with van der Waals surface area (Å²) in [5.74, 6) is -0.227. The Balaban J connectivity index is 2.14. The van der Waals surface area contributed by atoms with E-state index in [1.54, 1.807) is 54.8 Å². The van der Waals surface area contributed by atoms with Crippen LogP contribution in [0.15, 0.2) is 57.8 Å². The maximum Gasteiger partial charge on any atom is 0.417 e. The number of carbonyl (C=O) groups excluding carboxylic acids is 1. The molecule has 3 aromatic rings. The highest BCUT2D eigenvalue weighted by Gasteiger charge is 2.36. The fourth-order valence-electron chi connectivity index (χ4n) is 2.48. The number of anilines is 1. The fourth-order valence-corrected chi connectivity index (χ4v) is 4.15. The topological polar surface area (TPSA) is 65.8 Å². The molecule has 1 N–H and O–H groups in total. The van der Waals surface area contributed by atoms with Gasteiger partial charge in [-0.15, -0.1) is 11.3 Å². The molecular weight excluding hydrogens is 419 g/mol. The van der Waals surface area contributed by atoms with E-state index in [1.807, 2.05) is 0 Å². The summed E-state index contributed by atoms with van der Waals surface area (Å²) in [5, 5.41) is 13.8. The van der Waals surface area contributed by atoms with Crippen LogP contribution in [0, 0.1) is 11.3 Å². The van der Waals surface area contributed by atoms with E-state index in [9.17, 15) is 23.2 Å². The molecule has 2 aromatic heterocycles. The van der Waals surface area contributed by atoms with E-state index in [1.165, 1.54) is 11.3 Å². The molecule has 148 valence electrons. The predicted octanol–water partition coefficient (Wildman–Crippen LogP) is 6.20. The van der Waals surface area contributed by atoms with Gasteiger partial charge in [-0.05, 0) is 29.6 Å². The van der Waals surface area contributed by atoms with E-state index >= 15 is 0 Å². The van der Waals surface area contributed by atoms with Crippen LogP contribution in [0.2, 0.25) is 0 Å². The van der Waals surface area contributed by atoms with Crippen molar-refractivity contribution in [1.82, 2.24) is 4.98 Å². The molecule has 0 unspecified atom stereocenters. The number of hydrogen-bond donors (Lipinski definition) is 1. The van der Waals surface area contributed by atoms with E-state index in [0.717, 1.165) is 17.8 Å². The van der Waals surface area contributed by atoms with Gasteiger partial charge in [0.25, 0.3) is 0 Å². The van der Waals surface area contributed by atoms with Gasteiger partial charge in [-0.1, -0.05) is 36.9 Å². The highest BCUT2D eigenvalue weighted by molar-refractivity contribution is 7.99. The average molecular weight is 433 g/mol. The van der Waals surface area contributed by atoms with Crippen molar-refractivity contribution in [3.63, 3.8) is 0 Å². The van der Waals surface area contributed by atoms with Gasteiger partial charge >= 0.3 is 6.18 Å². The summed E-state index contributed by atoms with van der Waals surface area (Å²) in [7, 11) is 0. The minimum atomic E-state index is -4.70. The van der Waals surface area contributed by atoms with E-state index in [2.05, 4.69) is 10.3 Å². The number of nitrogens with zero attached hydrogens (tertiary/aromatic N) is 2. The molecule has 0 aliphatic rings. The Morgan fingerprint density at radius 1 is 1.28 bits per heavy atom. The molecule has 1 aromatic carbocycles. The Hall–Kier alpha value is -2.83. The summed E-state index contributed by atoms with van der Waals surface area (Å²) in [6, 6.07) is 12.6. The average Bonchev–Trinajstić information content (AvgIpc) is 3.23. The van der Waals surface area contributed by atoms with Crippen molar-refractivity contribution in [2.24, 2.45) is 0 Å². The molecule has 0 spiro atoms. The first-order valence-electron chi connectivity index (χ1n) is 8.46. The first-order chi connectivity index (χ1) is 13.8. The number of carbonyl (C=O) groups is 1. The summed E-state index contributed by atoms with van der Waals surface area (Å²) in [6.07, 6.45) is -4.45. The molecule has 0 radical (unpaired) electrons. The molecule has 3 rings (SSSR count). The van der Waals surface area contributed by atoms with E-state index in [4.69, 9.17) is 0 Å². The maximum atomic E-state index is 13.6. The second kappa shape index (κ2) is 8.68. The number of nitrogens with one attached hydrogen (secondary N) is 1. The van der Waals surface area contributed by atoms with E-state index < -0.39 is 17.3 Å². The van der Waals surface area contributed by atoms with Gasteiger partial charge in [-0.2, -0.15) is 18.4 Å². The van der Waals surface area contributed by atoms with Gasteiger partial charge < -0.3 is 5.32 Å². The quantitative estimate of drug-likeness (QED) is 0.520. The molecule has 0 aliphatic carbocycles. The van der Waals surface area contributed by atoms with Crippen molar-refractivity contribution in [1.29, 1.82) is 5.26 Å². The third-order valence-electron chi connectivity index (χ3n) is 3.87. The first kappa shape index (κ1) is 20.9. The Kier molecular flexibility index (Phi) is 6.25. The number of rotatable bonds is 5. The lowest BCUT2D eigenvalue weighted by Gasteiger charge is -2.15. The molecule has 1 amide bonds. The van der Waals surface area contributed by atoms with Crippen LogP contribution in [-0.4, -0.2) is 10.9 Å². The van der Waals surface area contributed by atoms with Crippen molar-refractivity contribution in [2.45, 2.75) is 29.4 Å². The number of halogens is 3. The van der Waals surface area contributed by atoms with Crippen LogP contribution in [-0.2, 0) is 11.0 Å². The summed E-state index contributed by atoms with van der Waals surface area (Å²) in [4.78, 5) is 17.2. The largest absolute Gasteiger partial charge is 0.417 e. The molecular formula is C20H14F3N3OS2. The molecule has 0 fully saturated rings. The summed E-state index contributed by atoms with van der Waals surface area (Å²) < 4.78 is 40.9. The predicted molar refractivity (Wildman–Crippen MR) is 107 cm³/mol. The van der Waals surface area contributed by atoms with Crippen molar-refractivity contribution >= 4 is 34.7 Å². The minimum Gasteiger partial charge on any atom is -0.325 e. The minimum absolute atomic E-state index is 0.0658. The lowest BCUT2D eigenvalue weighted by atomic mass is 10.1. The Morgan fingerprint density at radius 2 is 2.03 bits per heavy atom. The zero-order valence-corrected chi connectivity index (χ0v) is 16.7. The van der Waals surface area contributed by atoms with Crippen LogP contribution in [0.4, 0.5) is 18.9 Å². The number of benzene rings is 1. The standard InChI is InChI=1S/C20H14F3N3OS2/c1-2-18(27)25-14-6-3-4-7-17(14)29-19-12(11-24)13(20(21,22)23)10-15(26-19)16-8-5-9-28-16/h3-10H,2H2,1H3,(H,25,27). The number of thiophene rings is 1. The molecule has 0 bridgehead atoms. The Morgan fingerprint density at radius 3 is 2.66 bits per heavy atom. The second-order valence-electron chi connectivity index (χ2n) is 5.82. The SMILES string of the molecule is CCC(=O)Nc1ccccc1Sc1nc(-c2cccs2)cc(C(F)(F)F)c1C#N. The van der Waals surface area contributed by atoms with Gasteiger partial charge in [0, 0.05) is 11.3 Å². The highest BCUT2D eigenvalue weighted by Crippen LogP contribution is 2.41. The highest BCUT2D eigenvalue weighted by atomic mass is 32.2. The van der Waals surface area contributed by atoms with E-state index in [0.29, 0.717) is 15.5 Å². The third-order valence-corrected chi connectivity index (χ3v) is 5.82. The van der Waals surface area contributed by atoms with Gasteiger partial charge in [-0.3, -0.25) is 4.79 Å². The van der Waals surface area contributed by atoms with Crippen LogP contribution in [0.3, 0.4) is 0 Å². The lowest BCUT2D eigenvalue weighted by Crippen LogP contribution is -2.11. The van der Waals surface area contributed by atoms with Crippen LogP contribution in [0.5, 0.6) is 0 Å². The normalized spacial score (nSPS) is 11.1. The lowest BCUT2D eigenvalue weighted by molar-refractivity contribution is -0.138. The van der Waals surface area contributed by atoms with Crippen molar-refractivity contribution < 1.29 is 18.0 Å². The summed E-state index contributed by atoms with van der Waals surface area (Å²) in [5.41, 5.74) is -0.982. The third kappa shape index (κ3) is 4.78. The van der Waals surface area contributed by atoms with Crippen molar-refractivity contribution in [3.05, 3.63) is 59.0 Å². The van der Waals surface area contributed by atoms with Crippen LogP contribution in [0.1, 0.15) is 24.5 Å². The maximum absolute atomic E-state index is 13.6. The number of aromatic nitrogens is 1. The molecule has 4 nitrogen and oxygen atoms in total. The summed E-state index contributed by atoms with van der Waals surface area (Å²) >= 11 is 2.18. The number of alkyl halides is 3. The number of pyridine rings is 1. The zero-order chi connectivity index (χ0) is 21.0. The van der Waals surface area contributed by atoms with Gasteiger partial charge in [0.05, 0.1) is 27.4 Å². The van der Waals surface area contributed by atoms with Gasteiger partial charge in [-0.25, -0.2) is 4.98 Å². The van der Waals surface area contributed by atoms with E-state index in [-0.39, 0.29) is 23.0 Å². The fraction of sp³-hybridized carbons (Fsp3) is 0.150. The zero-order valence-electron chi connectivity index (χ0n) is 15.1. The van der Waals surface area contributed by atoms with Crippen LogP contribution < -0.4 is 5.32 Å².